The van der Waals surface area contributed by atoms with Crippen molar-refractivity contribution in [2.45, 2.75) is 27.2 Å². The average Bonchev–Trinajstić information content (AvgIpc) is 3.10. The molecule has 0 fully saturated rings. The molecule has 2 heteroatoms. The largest absolute Gasteiger partial charge is 0.355 e. The third-order valence-electron chi connectivity index (χ3n) is 6.25. The van der Waals surface area contributed by atoms with Crippen LogP contribution in [0, 0.1) is 6.92 Å². The maximum Gasteiger partial charge on any atom is 0.0539 e. The van der Waals surface area contributed by atoms with E-state index >= 15 is 0 Å². The van der Waals surface area contributed by atoms with Gasteiger partial charge < -0.3 is 9.88 Å². The molecule has 4 aromatic carbocycles. The van der Waals surface area contributed by atoms with Crippen molar-refractivity contribution in [1.82, 2.24) is 4.57 Å². The van der Waals surface area contributed by atoms with E-state index in [0.717, 1.165) is 17.8 Å². The van der Waals surface area contributed by atoms with Crippen molar-refractivity contribution in [3.63, 3.8) is 0 Å². The summed E-state index contributed by atoms with van der Waals surface area (Å²) in [6.45, 7) is 6.64. The van der Waals surface area contributed by atoms with Gasteiger partial charge in [-0.05, 0) is 73.5 Å². The Morgan fingerprint density at radius 1 is 0.812 bits per heavy atom. The van der Waals surface area contributed by atoms with Crippen molar-refractivity contribution in [3.8, 4) is 5.69 Å². The van der Waals surface area contributed by atoms with Crippen LogP contribution in [0.4, 0.5) is 11.4 Å². The van der Waals surface area contributed by atoms with Crippen molar-refractivity contribution in [3.05, 3.63) is 108 Å². The van der Waals surface area contributed by atoms with Gasteiger partial charge in [0.2, 0.25) is 0 Å². The highest BCUT2D eigenvalue weighted by Gasteiger charge is 2.15. The van der Waals surface area contributed by atoms with Crippen LogP contribution in [0.3, 0.4) is 0 Å². The number of anilines is 2. The van der Waals surface area contributed by atoms with Crippen LogP contribution >= 0.6 is 0 Å². The SMILES string of the molecule is CC/C(C)=C/c1c(C)n(-c2ccccc2)c2ccc(Nc3ccc4ccccc4c3)cc12. The Bertz CT molecular complexity index is 1440. The summed E-state index contributed by atoms with van der Waals surface area (Å²) in [6.07, 6.45) is 3.39. The zero-order valence-electron chi connectivity index (χ0n) is 18.9. The molecule has 0 amide bonds. The van der Waals surface area contributed by atoms with Crippen LogP contribution in [0.25, 0.3) is 33.4 Å². The molecule has 0 spiro atoms. The standard InChI is InChI=1S/C30H28N2/c1-4-21(2)18-28-22(3)32(27-12-6-5-7-13-27)30-17-16-26(20-29(28)30)31-25-15-14-23-10-8-9-11-24(23)19-25/h5-20,31H,4H2,1-3H3/b21-18+. The lowest BCUT2D eigenvalue weighted by Crippen LogP contribution is -1.96. The minimum atomic E-state index is 1.05. The molecule has 0 saturated heterocycles. The summed E-state index contributed by atoms with van der Waals surface area (Å²) in [5.41, 5.74) is 8.57. The maximum atomic E-state index is 3.62. The molecule has 5 aromatic rings. The molecular formula is C30H28N2. The molecule has 0 aliphatic heterocycles. The number of allylic oxidation sites excluding steroid dienone is 1. The third kappa shape index (κ3) is 3.69. The minimum Gasteiger partial charge on any atom is -0.355 e. The molecule has 1 aromatic heterocycles. The van der Waals surface area contributed by atoms with E-state index in [0.29, 0.717) is 0 Å². The summed E-state index contributed by atoms with van der Waals surface area (Å²) < 4.78 is 2.36. The van der Waals surface area contributed by atoms with Gasteiger partial charge in [0, 0.05) is 33.7 Å². The van der Waals surface area contributed by atoms with E-state index < -0.39 is 0 Å². The molecule has 1 N–H and O–H groups in total. The fourth-order valence-electron chi connectivity index (χ4n) is 4.39. The minimum absolute atomic E-state index is 1.05. The number of rotatable bonds is 5. The van der Waals surface area contributed by atoms with Gasteiger partial charge in [0.05, 0.1) is 5.52 Å². The predicted molar refractivity (Wildman–Crippen MR) is 139 cm³/mol. The maximum absolute atomic E-state index is 3.62. The highest BCUT2D eigenvalue weighted by Crippen LogP contribution is 2.34. The molecule has 5 rings (SSSR count). The summed E-state index contributed by atoms with van der Waals surface area (Å²) in [5.74, 6) is 0. The highest BCUT2D eigenvalue weighted by molar-refractivity contribution is 5.96. The van der Waals surface area contributed by atoms with E-state index in [1.165, 1.54) is 44.2 Å². The van der Waals surface area contributed by atoms with Gasteiger partial charge in [0.15, 0.2) is 0 Å². The van der Waals surface area contributed by atoms with E-state index in [4.69, 9.17) is 0 Å². The fraction of sp³-hybridized carbons (Fsp3) is 0.133. The molecular weight excluding hydrogens is 388 g/mol. The molecule has 0 aliphatic rings. The lowest BCUT2D eigenvalue weighted by atomic mass is 10.1. The van der Waals surface area contributed by atoms with Gasteiger partial charge in [-0.2, -0.15) is 0 Å². The van der Waals surface area contributed by atoms with E-state index in [1.807, 2.05) is 0 Å². The Morgan fingerprint density at radius 2 is 1.50 bits per heavy atom. The van der Waals surface area contributed by atoms with Crippen LogP contribution in [0.1, 0.15) is 31.5 Å². The van der Waals surface area contributed by atoms with Gasteiger partial charge in [0.1, 0.15) is 0 Å². The molecule has 0 bridgehead atoms. The van der Waals surface area contributed by atoms with E-state index in [-0.39, 0.29) is 0 Å². The Balaban J connectivity index is 1.64. The van der Waals surface area contributed by atoms with Crippen LogP contribution in [-0.4, -0.2) is 4.57 Å². The Kier molecular flexibility index (Phi) is 5.28. The molecule has 0 saturated carbocycles. The van der Waals surface area contributed by atoms with Crippen LogP contribution in [-0.2, 0) is 0 Å². The van der Waals surface area contributed by atoms with E-state index in [2.05, 4.69) is 128 Å². The predicted octanol–water partition coefficient (Wildman–Crippen LogP) is 8.65. The Morgan fingerprint density at radius 3 is 2.28 bits per heavy atom. The van der Waals surface area contributed by atoms with Crippen molar-refractivity contribution in [1.29, 1.82) is 0 Å². The van der Waals surface area contributed by atoms with Gasteiger partial charge in [0.25, 0.3) is 0 Å². The monoisotopic (exact) mass is 416 g/mol. The van der Waals surface area contributed by atoms with Crippen LogP contribution in [0.15, 0.2) is 96.6 Å². The van der Waals surface area contributed by atoms with Crippen LogP contribution in [0.5, 0.6) is 0 Å². The Hall–Kier alpha value is -3.78. The second-order valence-corrected chi connectivity index (χ2v) is 8.43. The molecule has 0 radical (unpaired) electrons. The lowest BCUT2D eigenvalue weighted by Gasteiger charge is -2.10. The molecule has 0 aliphatic carbocycles. The number of fused-ring (bicyclic) bond motifs is 2. The molecule has 0 unspecified atom stereocenters. The fourth-order valence-corrected chi connectivity index (χ4v) is 4.39. The Labute approximate surface area is 189 Å². The number of nitrogens with zero attached hydrogens (tertiary/aromatic N) is 1. The number of benzene rings is 4. The van der Waals surface area contributed by atoms with E-state index in [1.54, 1.807) is 0 Å². The van der Waals surface area contributed by atoms with Crippen LogP contribution in [0.2, 0.25) is 0 Å². The molecule has 0 atom stereocenters. The third-order valence-corrected chi connectivity index (χ3v) is 6.25. The second-order valence-electron chi connectivity index (χ2n) is 8.43. The topological polar surface area (TPSA) is 17.0 Å². The number of para-hydroxylation sites is 1. The van der Waals surface area contributed by atoms with Gasteiger partial charge in [-0.25, -0.2) is 0 Å². The first-order valence-electron chi connectivity index (χ1n) is 11.3. The van der Waals surface area contributed by atoms with E-state index in [9.17, 15) is 0 Å². The van der Waals surface area contributed by atoms with Crippen molar-refractivity contribution < 1.29 is 0 Å². The normalized spacial score (nSPS) is 11.9. The summed E-state index contributed by atoms with van der Waals surface area (Å²) in [4.78, 5) is 0. The first-order chi connectivity index (χ1) is 15.6. The quantitative estimate of drug-likeness (QED) is 0.303. The van der Waals surface area contributed by atoms with Crippen LogP contribution < -0.4 is 5.32 Å². The van der Waals surface area contributed by atoms with Gasteiger partial charge in [-0.15, -0.1) is 0 Å². The zero-order chi connectivity index (χ0) is 22.1. The average molecular weight is 417 g/mol. The summed E-state index contributed by atoms with van der Waals surface area (Å²) >= 11 is 0. The van der Waals surface area contributed by atoms with Gasteiger partial charge >= 0.3 is 0 Å². The molecule has 32 heavy (non-hydrogen) atoms. The highest BCUT2D eigenvalue weighted by atomic mass is 15.0. The zero-order valence-corrected chi connectivity index (χ0v) is 18.9. The summed E-state index contributed by atoms with van der Waals surface area (Å²) in [6, 6.07) is 32.3. The van der Waals surface area contributed by atoms with Crippen molar-refractivity contribution >= 4 is 39.1 Å². The first kappa shape index (κ1) is 20.1. The van der Waals surface area contributed by atoms with Gasteiger partial charge in [-0.1, -0.05) is 67.1 Å². The lowest BCUT2D eigenvalue weighted by molar-refractivity contribution is 1.05. The molecule has 2 nitrogen and oxygen atoms in total. The first-order valence-corrected chi connectivity index (χ1v) is 11.3. The number of aromatic nitrogens is 1. The molecule has 158 valence electrons. The summed E-state index contributed by atoms with van der Waals surface area (Å²) in [5, 5.41) is 7.39. The number of hydrogen-bond acceptors (Lipinski definition) is 1. The number of nitrogens with one attached hydrogen (secondary N) is 1. The van der Waals surface area contributed by atoms with Crippen molar-refractivity contribution in [2.24, 2.45) is 0 Å². The van der Waals surface area contributed by atoms with Crippen molar-refractivity contribution in [2.75, 3.05) is 5.32 Å². The summed E-state index contributed by atoms with van der Waals surface area (Å²) in [7, 11) is 0. The smallest absolute Gasteiger partial charge is 0.0539 e. The molecule has 1 heterocycles. The second kappa shape index (κ2) is 8.39. The number of hydrogen-bond donors (Lipinski definition) is 1. The van der Waals surface area contributed by atoms with Gasteiger partial charge in [-0.3, -0.25) is 0 Å².